The first-order chi connectivity index (χ1) is 35.6. The summed E-state index contributed by atoms with van der Waals surface area (Å²) in [5.41, 5.74) is 26.5. The fraction of sp³-hybridized carbons (Fsp3) is 0.163. The third kappa shape index (κ3) is 13.1. The van der Waals surface area contributed by atoms with Crippen LogP contribution < -0.4 is 81.4 Å². The van der Waals surface area contributed by atoms with Crippen LogP contribution in [0.25, 0.3) is 32.6 Å². The van der Waals surface area contributed by atoms with Gasteiger partial charge < -0.3 is 86.5 Å². The fourth-order valence-corrected chi connectivity index (χ4v) is 7.48. The lowest BCUT2D eigenvalue weighted by Gasteiger charge is -2.32. The van der Waals surface area contributed by atoms with E-state index in [0.717, 1.165) is 16.8 Å². The fourth-order valence-electron chi connectivity index (χ4n) is 7.48. The first-order valence-corrected chi connectivity index (χ1v) is 21.7. The zero-order chi connectivity index (χ0) is 54.7. The van der Waals surface area contributed by atoms with Gasteiger partial charge >= 0.3 is 5.69 Å². The van der Waals surface area contributed by atoms with Gasteiger partial charge in [-0.1, -0.05) is 78.9 Å². The molecule has 390 valence electrons. The van der Waals surface area contributed by atoms with Crippen molar-refractivity contribution in [3.8, 4) is 0 Å². The minimum absolute atomic E-state index is 0.0544. The van der Waals surface area contributed by atoms with E-state index in [0.29, 0.717) is 16.3 Å². The summed E-state index contributed by atoms with van der Waals surface area (Å²) in [7, 11) is 0. The molecule has 6 atom stereocenters. The number of nitrogens with zero attached hydrogens (tertiary/aromatic N) is 4. The van der Waals surface area contributed by atoms with Crippen molar-refractivity contribution in [1.29, 1.82) is 21.6 Å². The molecular formula is C43H48N22O10. The highest BCUT2D eigenvalue weighted by Crippen LogP contribution is 2.36. The number of carbonyl (C=O) groups is 6. The smallest absolute Gasteiger partial charge is 0.300 e. The third-order valence-electron chi connectivity index (χ3n) is 10.7. The Bertz CT molecular complexity index is 3190. The molecule has 1 aromatic heterocycles. The minimum atomic E-state index is -2.25. The van der Waals surface area contributed by atoms with Gasteiger partial charge in [-0.3, -0.25) is 60.5 Å². The van der Waals surface area contributed by atoms with Crippen molar-refractivity contribution in [2.24, 2.45) is 28.7 Å². The number of nitrogens with one attached hydrogen (secondary N) is 13. The number of aliphatic hydroxyl groups excluding tert-OH is 1. The summed E-state index contributed by atoms with van der Waals surface area (Å²) in [6.45, 7) is -0.270. The Balaban J connectivity index is 1.31. The summed E-state index contributed by atoms with van der Waals surface area (Å²) in [5, 5.41) is 84.8. The normalized spacial score (nSPS) is 13.2. The number of non-ortho nitro benzene ring substituents is 1. The number of rotatable bonds is 21. The van der Waals surface area contributed by atoms with Crippen LogP contribution in [0.5, 0.6) is 0 Å². The van der Waals surface area contributed by atoms with Crippen LogP contribution >= 0.6 is 0 Å². The van der Waals surface area contributed by atoms with Gasteiger partial charge in [-0.2, -0.15) is 0 Å². The Morgan fingerprint density at radius 1 is 0.573 bits per heavy atom. The second-order valence-electron chi connectivity index (χ2n) is 15.9. The van der Waals surface area contributed by atoms with Gasteiger partial charge in [0, 0.05) is 12.6 Å². The average molecular weight is 1030 g/mol. The number of nitrogens with two attached hydrogens (primary N) is 5. The Morgan fingerprint density at radius 3 is 1.49 bits per heavy atom. The molecule has 0 aliphatic carbocycles. The molecule has 0 radical (unpaired) electrons. The number of anilines is 1. The largest absolute Gasteiger partial charge is 0.370 e. The van der Waals surface area contributed by atoms with Crippen molar-refractivity contribution in [3.05, 3.63) is 118 Å². The lowest BCUT2D eigenvalue weighted by molar-refractivity contribution is -0.383. The van der Waals surface area contributed by atoms with Gasteiger partial charge in [0.25, 0.3) is 29.5 Å². The number of primary amides is 1. The van der Waals surface area contributed by atoms with E-state index in [-0.39, 0.29) is 28.8 Å². The number of nitro benzene ring substituents is 1. The predicted molar refractivity (Wildman–Crippen MR) is 267 cm³/mol. The second-order valence-corrected chi connectivity index (χ2v) is 15.9. The molecule has 6 aromatic rings. The summed E-state index contributed by atoms with van der Waals surface area (Å²) < 4.78 is 4.91. The van der Waals surface area contributed by atoms with Gasteiger partial charge in [0.1, 0.15) is 6.04 Å². The van der Waals surface area contributed by atoms with Crippen LogP contribution in [-0.4, -0.2) is 111 Å². The minimum Gasteiger partial charge on any atom is -0.370 e. The molecule has 1 heterocycles. The van der Waals surface area contributed by atoms with E-state index < -0.39 is 107 Å². The SMILES string of the molecule is N=C(N)NC(NC(=O)C(NC(=N)N)NC(=O)C(NC(=N)N)NC(=O)C(NC(=N)N)NC(=O)C(NC(=O)C(O)N(Cc1c2ccccc2cc2ccccc12)c1ccc([N+](=O)[O-])c2nonc12)c1ccccc1)C(N)=O. The number of fused-ring (bicyclic) bond motifs is 3. The highest BCUT2D eigenvalue weighted by Gasteiger charge is 2.36. The Morgan fingerprint density at radius 2 is 1.01 bits per heavy atom. The van der Waals surface area contributed by atoms with Crippen molar-refractivity contribution < 1.29 is 43.4 Å². The van der Waals surface area contributed by atoms with Crippen molar-refractivity contribution in [2.75, 3.05) is 4.90 Å². The van der Waals surface area contributed by atoms with Crippen LogP contribution in [-0.2, 0) is 35.3 Å². The van der Waals surface area contributed by atoms with Crippen LogP contribution in [0.2, 0.25) is 0 Å². The van der Waals surface area contributed by atoms with Crippen LogP contribution in [0.4, 0.5) is 11.4 Å². The highest BCUT2D eigenvalue weighted by molar-refractivity contribution is 6.04. The molecule has 32 heteroatoms. The maximum atomic E-state index is 14.6. The maximum Gasteiger partial charge on any atom is 0.300 e. The Labute approximate surface area is 420 Å². The van der Waals surface area contributed by atoms with E-state index in [1.807, 2.05) is 58.4 Å². The lowest BCUT2D eigenvalue weighted by Crippen LogP contribution is -2.68. The first-order valence-electron chi connectivity index (χ1n) is 21.7. The van der Waals surface area contributed by atoms with Crippen molar-refractivity contribution >= 4 is 103 Å². The van der Waals surface area contributed by atoms with Crippen molar-refractivity contribution in [2.45, 2.75) is 43.5 Å². The average Bonchev–Trinajstić information content (AvgIpc) is 3.85. The highest BCUT2D eigenvalue weighted by atomic mass is 16.6. The zero-order valence-electron chi connectivity index (χ0n) is 38.7. The summed E-state index contributed by atoms with van der Waals surface area (Å²) in [4.78, 5) is 94.1. The summed E-state index contributed by atoms with van der Waals surface area (Å²) in [6, 6.07) is 24.5. The number of aliphatic hydroxyl groups is 1. The van der Waals surface area contributed by atoms with Crippen LogP contribution in [0, 0.1) is 31.8 Å². The molecule has 24 N–H and O–H groups in total. The molecule has 0 aliphatic heterocycles. The number of nitro groups is 1. The van der Waals surface area contributed by atoms with E-state index in [2.05, 4.69) is 42.2 Å². The number of carbonyl (C=O) groups excluding carboxylic acids is 6. The van der Waals surface area contributed by atoms with E-state index >= 15 is 0 Å². The lowest BCUT2D eigenvalue weighted by atomic mass is 9.96. The number of amides is 6. The van der Waals surface area contributed by atoms with E-state index in [1.54, 1.807) is 18.2 Å². The molecule has 0 saturated carbocycles. The molecule has 32 nitrogen and oxygen atoms in total. The summed E-state index contributed by atoms with van der Waals surface area (Å²) in [6.07, 6.45) is -10.4. The molecule has 0 bridgehead atoms. The first kappa shape index (κ1) is 53.4. The van der Waals surface area contributed by atoms with E-state index in [4.69, 9.17) is 54.9 Å². The maximum absolute atomic E-state index is 14.6. The number of aromatic nitrogens is 2. The number of hydrogen-bond acceptors (Lipinski definition) is 17. The monoisotopic (exact) mass is 1030 g/mol. The van der Waals surface area contributed by atoms with E-state index in [1.165, 1.54) is 35.2 Å². The van der Waals surface area contributed by atoms with Gasteiger partial charge in [-0.05, 0) is 55.1 Å². The van der Waals surface area contributed by atoms with Gasteiger partial charge in [0.2, 0.25) is 17.7 Å². The van der Waals surface area contributed by atoms with Crippen molar-refractivity contribution in [1.82, 2.24) is 58.2 Å². The van der Waals surface area contributed by atoms with Crippen LogP contribution in [0.15, 0.2) is 102 Å². The Hall–Kier alpha value is -10.9. The third-order valence-corrected chi connectivity index (χ3v) is 10.7. The Kier molecular flexibility index (Phi) is 16.6. The molecule has 0 fully saturated rings. The number of hydrogen-bond donors (Lipinski definition) is 19. The van der Waals surface area contributed by atoms with Gasteiger partial charge in [-0.15, -0.1) is 0 Å². The van der Waals surface area contributed by atoms with Gasteiger partial charge in [0.15, 0.2) is 54.0 Å². The molecule has 0 aliphatic rings. The van der Waals surface area contributed by atoms with E-state index in [9.17, 15) is 44.0 Å². The zero-order valence-corrected chi connectivity index (χ0v) is 38.7. The van der Waals surface area contributed by atoms with Gasteiger partial charge in [-0.25, -0.2) is 4.63 Å². The topological polar surface area (TPSA) is 542 Å². The van der Waals surface area contributed by atoms with Crippen molar-refractivity contribution in [3.63, 3.8) is 0 Å². The molecular weight excluding hydrogens is 985 g/mol. The molecule has 5 aromatic carbocycles. The second kappa shape index (κ2) is 23.3. The summed E-state index contributed by atoms with van der Waals surface area (Å²) >= 11 is 0. The molecule has 0 saturated heterocycles. The quantitative estimate of drug-likeness (QED) is 0.00812. The molecule has 6 unspecified atom stereocenters. The van der Waals surface area contributed by atoms with Crippen LogP contribution in [0.1, 0.15) is 17.2 Å². The summed E-state index contributed by atoms with van der Waals surface area (Å²) in [5.74, 6) is -11.4. The molecule has 6 amide bonds. The molecule has 0 spiro atoms. The molecule has 75 heavy (non-hydrogen) atoms. The number of guanidine groups is 4. The standard InChI is InChI=1S/C43H48N22O10/c44-29(66)30(58-40(45)46)54-35(68)32(60-42(49)50)56-37(70)33(61-43(51)52)57-36(69)31(59-41(47)48)55-34(67)26(18-8-2-1-3-9-18)53-38(71)39(72)64(24-14-15-25(65(73)74)28-27(24)62-75-63-28)17-23-21-12-6-4-10-19(21)16-20-11-5-7-13-22(20)23/h1-16,26,30-33,39,72H,17H2,(H2,44,66)(H,53,71)(H,54,68)(H,55,67)(H,56,70)(H,57,69)(H4,45,46,58)(H4,47,48,59)(H4,49,50,60)(H4,51,52,61). The predicted octanol–water partition coefficient (Wildman–Crippen LogP) is -4.19. The van der Waals surface area contributed by atoms with Crippen LogP contribution in [0.3, 0.4) is 0 Å². The van der Waals surface area contributed by atoms with Gasteiger partial charge in [0.05, 0.1) is 10.6 Å². The number of benzene rings is 5. The molecule has 6 rings (SSSR count).